The third kappa shape index (κ3) is 5.30. The molecule has 1 saturated heterocycles. The Hall–Kier alpha value is -3.73. The molecule has 1 amide bonds. The predicted octanol–water partition coefficient (Wildman–Crippen LogP) is 3.47. The number of hydrogen-bond acceptors (Lipinski definition) is 8. The monoisotopic (exact) mass is 595 g/mol. The van der Waals surface area contributed by atoms with Crippen LogP contribution in [0, 0.1) is 11.3 Å². The molecule has 0 bridgehead atoms. The Bertz CT molecular complexity index is 1750. The van der Waals surface area contributed by atoms with Crippen LogP contribution in [0.1, 0.15) is 66.4 Å². The lowest BCUT2D eigenvalue weighted by Gasteiger charge is -2.39. The number of hydrogen-bond donors (Lipinski definition) is 3. The highest BCUT2D eigenvalue weighted by Crippen LogP contribution is 2.39. The first-order valence-corrected chi connectivity index (χ1v) is 15.3. The molecular formula is C29H37N7O5S. The number of amides is 1. The van der Waals surface area contributed by atoms with Crippen molar-refractivity contribution in [3.05, 3.63) is 46.4 Å². The average Bonchev–Trinajstić information content (AvgIpc) is 3.39. The molecule has 3 N–H and O–H groups in total. The lowest BCUT2D eigenvalue weighted by atomic mass is 9.86. The van der Waals surface area contributed by atoms with Crippen molar-refractivity contribution in [2.75, 3.05) is 11.9 Å². The van der Waals surface area contributed by atoms with Crippen molar-refractivity contribution in [3.63, 3.8) is 0 Å². The van der Waals surface area contributed by atoms with Crippen LogP contribution >= 0.6 is 0 Å². The van der Waals surface area contributed by atoms with Crippen LogP contribution in [-0.4, -0.2) is 57.2 Å². The summed E-state index contributed by atoms with van der Waals surface area (Å²) in [6.45, 7) is 11.6. The topological polar surface area (TPSA) is 162 Å². The molecule has 2 aliphatic heterocycles. The molecular weight excluding hydrogens is 558 g/mol. The molecule has 2 aromatic heterocycles. The molecule has 2 aliphatic rings. The summed E-state index contributed by atoms with van der Waals surface area (Å²) in [7, 11) is -3.62. The second kappa shape index (κ2) is 10.2. The number of pyridine rings is 1. The SMILES string of the molecule is CC(C)(C)NC(=O)C1CCC(CC#N)(n2nc(Nc3ccc4c(c3)CN(C(C)(C)C)S4(=O)=O)c3c(=O)[nH]ccc32)CO1. The molecule has 1 fully saturated rings. The number of fused-ring (bicyclic) bond motifs is 2. The van der Waals surface area contributed by atoms with Gasteiger partial charge >= 0.3 is 0 Å². The van der Waals surface area contributed by atoms with Gasteiger partial charge in [-0.25, -0.2) is 8.42 Å². The van der Waals surface area contributed by atoms with Crippen LogP contribution in [-0.2, 0) is 31.6 Å². The molecule has 2 unspecified atom stereocenters. The first-order chi connectivity index (χ1) is 19.6. The lowest BCUT2D eigenvalue weighted by Crippen LogP contribution is -2.52. The van der Waals surface area contributed by atoms with Crippen molar-refractivity contribution >= 4 is 38.3 Å². The van der Waals surface area contributed by atoms with E-state index in [1.165, 1.54) is 10.5 Å². The molecule has 0 aliphatic carbocycles. The Balaban J connectivity index is 1.50. The number of nitrogens with one attached hydrogen (secondary N) is 3. The number of aromatic amines is 1. The van der Waals surface area contributed by atoms with Gasteiger partial charge in [-0.3, -0.25) is 14.3 Å². The van der Waals surface area contributed by atoms with Gasteiger partial charge in [0.25, 0.3) is 5.56 Å². The molecule has 0 spiro atoms. The van der Waals surface area contributed by atoms with E-state index in [4.69, 9.17) is 9.84 Å². The number of carbonyl (C=O) groups excluding carboxylic acids is 1. The van der Waals surface area contributed by atoms with Gasteiger partial charge in [0.2, 0.25) is 15.9 Å². The fourth-order valence-electron chi connectivity index (χ4n) is 5.65. The molecule has 2 atom stereocenters. The van der Waals surface area contributed by atoms with Gasteiger partial charge in [-0.2, -0.15) is 14.7 Å². The molecule has 0 saturated carbocycles. The maximum atomic E-state index is 13.1. The van der Waals surface area contributed by atoms with Gasteiger partial charge in [-0.05, 0) is 84.2 Å². The highest BCUT2D eigenvalue weighted by molar-refractivity contribution is 7.89. The summed E-state index contributed by atoms with van der Waals surface area (Å²) >= 11 is 0. The van der Waals surface area contributed by atoms with E-state index in [0.29, 0.717) is 35.0 Å². The molecule has 13 heteroatoms. The summed E-state index contributed by atoms with van der Waals surface area (Å²) in [5.41, 5.74) is -0.531. The van der Waals surface area contributed by atoms with E-state index in [1.807, 2.05) is 41.5 Å². The average molecular weight is 596 g/mol. The first-order valence-electron chi connectivity index (χ1n) is 13.9. The third-order valence-electron chi connectivity index (χ3n) is 7.63. The van der Waals surface area contributed by atoms with Crippen molar-refractivity contribution in [3.8, 4) is 6.07 Å². The minimum absolute atomic E-state index is 0.0585. The van der Waals surface area contributed by atoms with E-state index in [-0.39, 0.29) is 41.8 Å². The Kier molecular flexibility index (Phi) is 7.24. The van der Waals surface area contributed by atoms with Crippen LogP contribution in [0.2, 0.25) is 0 Å². The zero-order chi connectivity index (χ0) is 30.7. The smallest absolute Gasteiger partial charge is 0.261 e. The zero-order valence-electron chi connectivity index (χ0n) is 24.7. The molecule has 224 valence electrons. The van der Waals surface area contributed by atoms with Crippen molar-refractivity contribution in [2.45, 2.75) is 95.0 Å². The number of aromatic nitrogens is 3. The molecule has 0 radical (unpaired) electrons. The first kappa shape index (κ1) is 29.8. The fourth-order valence-corrected chi connectivity index (χ4v) is 7.61. The maximum Gasteiger partial charge on any atom is 0.261 e. The maximum absolute atomic E-state index is 13.1. The van der Waals surface area contributed by atoms with Gasteiger partial charge in [0, 0.05) is 29.5 Å². The van der Waals surface area contributed by atoms with Gasteiger partial charge in [0.1, 0.15) is 11.5 Å². The summed E-state index contributed by atoms with van der Waals surface area (Å²) in [6, 6.07) is 8.94. The van der Waals surface area contributed by atoms with Crippen LogP contribution in [0.25, 0.3) is 10.9 Å². The Morgan fingerprint density at radius 3 is 2.60 bits per heavy atom. The standard InChI is InChI=1S/C29H37N7O5S/c1-27(2,3)33-25(37)21-9-11-29(12-13-30,17-41-21)36-20-10-14-31-26(38)23(20)24(34-36)32-19-7-8-22-18(15-19)16-35(28(4,5)6)42(22,39)40/h7-8,10,14-15,21H,9,11-12,16-17H2,1-6H3,(H,31,38)(H,32,34)(H,33,37). The summed E-state index contributed by atoms with van der Waals surface area (Å²) in [5, 5.41) is 21.0. The highest BCUT2D eigenvalue weighted by atomic mass is 32.2. The Labute approximate surface area is 245 Å². The van der Waals surface area contributed by atoms with Crippen molar-refractivity contribution in [1.29, 1.82) is 5.26 Å². The quantitative estimate of drug-likeness (QED) is 0.404. The molecule has 12 nitrogen and oxygen atoms in total. The second-order valence-corrected chi connectivity index (χ2v) is 14.9. The fraction of sp³-hybridized carbons (Fsp3) is 0.517. The Morgan fingerprint density at radius 2 is 1.98 bits per heavy atom. The van der Waals surface area contributed by atoms with Crippen LogP contribution < -0.4 is 16.2 Å². The number of nitrogens with zero attached hydrogens (tertiary/aromatic N) is 4. The predicted molar refractivity (Wildman–Crippen MR) is 158 cm³/mol. The van der Waals surface area contributed by atoms with Gasteiger partial charge in [0.15, 0.2) is 5.82 Å². The summed E-state index contributed by atoms with van der Waals surface area (Å²) < 4.78 is 35.4. The van der Waals surface area contributed by atoms with E-state index >= 15 is 0 Å². The number of ether oxygens (including phenoxy) is 1. The second-order valence-electron chi connectivity index (χ2n) is 13.1. The number of nitriles is 1. The highest BCUT2D eigenvalue weighted by Gasteiger charge is 2.43. The van der Waals surface area contributed by atoms with E-state index in [1.54, 1.807) is 28.9 Å². The Morgan fingerprint density at radius 1 is 1.24 bits per heavy atom. The van der Waals surface area contributed by atoms with Crippen LogP contribution in [0.4, 0.5) is 11.5 Å². The molecule has 3 aromatic rings. The van der Waals surface area contributed by atoms with Crippen molar-refractivity contribution < 1.29 is 17.9 Å². The van der Waals surface area contributed by atoms with Gasteiger partial charge < -0.3 is 20.4 Å². The number of H-pyrrole nitrogens is 1. The zero-order valence-corrected chi connectivity index (χ0v) is 25.6. The number of rotatable bonds is 5. The van der Waals surface area contributed by atoms with Gasteiger partial charge in [-0.15, -0.1) is 0 Å². The number of anilines is 2. The normalized spacial score (nSPS) is 22.5. The number of carbonyl (C=O) groups is 1. The molecule has 42 heavy (non-hydrogen) atoms. The van der Waals surface area contributed by atoms with Crippen molar-refractivity contribution in [2.24, 2.45) is 0 Å². The molecule has 5 rings (SSSR count). The van der Waals surface area contributed by atoms with Gasteiger partial charge in [-0.1, -0.05) is 0 Å². The van der Waals surface area contributed by atoms with Crippen LogP contribution in [0.5, 0.6) is 0 Å². The summed E-state index contributed by atoms with van der Waals surface area (Å²) in [4.78, 5) is 28.8. The van der Waals surface area contributed by atoms with E-state index in [9.17, 15) is 23.3 Å². The van der Waals surface area contributed by atoms with Crippen LogP contribution in [0.15, 0.2) is 40.2 Å². The molecule has 1 aromatic carbocycles. The molecule has 4 heterocycles. The third-order valence-corrected chi connectivity index (χ3v) is 9.84. The number of benzene rings is 1. The summed E-state index contributed by atoms with van der Waals surface area (Å²) in [6.07, 6.45) is 1.74. The van der Waals surface area contributed by atoms with Crippen molar-refractivity contribution in [1.82, 2.24) is 24.4 Å². The summed E-state index contributed by atoms with van der Waals surface area (Å²) in [5.74, 6) is 0.0612. The largest absolute Gasteiger partial charge is 0.366 e. The van der Waals surface area contributed by atoms with Crippen LogP contribution in [0.3, 0.4) is 0 Å². The van der Waals surface area contributed by atoms with E-state index in [0.717, 1.165) is 0 Å². The number of sulfonamides is 1. The van der Waals surface area contributed by atoms with Gasteiger partial charge in [0.05, 0.1) is 35.0 Å². The minimum Gasteiger partial charge on any atom is -0.366 e. The van der Waals surface area contributed by atoms with E-state index in [2.05, 4.69) is 21.7 Å². The lowest BCUT2D eigenvalue weighted by molar-refractivity contribution is -0.142. The minimum atomic E-state index is -3.62. The van der Waals surface area contributed by atoms with E-state index < -0.39 is 32.7 Å².